The quantitative estimate of drug-likeness (QED) is 0.487. The van der Waals surface area contributed by atoms with Gasteiger partial charge in [0.15, 0.2) is 0 Å². The third-order valence-electron chi connectivity index (χ3n) is 1.42. The lowest BCUT2D eigenvalue weighted by atomic mass is 10.1. The monoisotopic (exact) mass is 195 g/mol. The molecule has 2 N–H and O–H groups in total. The van der Waals surface area contributed by atoms with Crippen LogP contribution in [0.3, 0.4) is 0 Å². The van der Waals surface area contributed by atoms with Gasteiger partial charge in [0.25, 0.3) is 10.1 Å². The van der Waals surface area contributed by atoms with Gasteiger partial charge in [0.2, 0.25) is 0 Å². The van der Waals surface area contributed by atoms with Crippen molar-refractivity contribution in [3.8, 4) is 0 Å². The van der Waals surface area contributed by atoms with Gasteiger partial charge in [0.05, 0.1) is 0 Å². The van der Waals surface area contributed by atoms with Gasteiger partial charge in [-0.1, -0.05) is 13.8 Å². The normalized spacial score (nSPS) is 12.3. The van der Waals surface area contributed by atoms with Crippen LogP contribution in [0.2, 0.25) is 0 Å². The zero-order valence-electron chi connectivity index (χ0n) is 7.58. The molecule has 0 amide bonds. The van der Waals surface area contributed by atoms with E-state index in [9.17, 15) is 8.42 Å². The average Bonchev–Trinajstić information content (AvgIpc) is 1.83. The van der Waals surface area contributed by atoms with E-state index in [1.807, 2.05) is 0 Å². The summed E-state index contributed by atoms with van der Waals surface area (Å²) in [6.07, 6.45) is 2.01. The van der Waals surface area contributed by atoms with Crippen LogP contribution in [0, 0.1) is 5.92 Å². The molecule has 4 nitrogen and oxygen atoms in total. The van der Waals surface area contributed by atoms with Crippen molar-refractivity contribution >= 4 is 10.1 Å². The van der Waals surface area contributed by atoms with Gasteiger partial charge < -0.3 is 5.32 Å². The van der Waals surface area contributed by atoms with Crippen LogP contribution in [-0.2, 0) is 10.1 Å². The van der Waals surface area contributed by atoms with Crippen molar-refractivity contribution in [1.29, 1.82) is 0 Å². The number of hydrogen-bond donors (Lipinski definition) is 2. The van der Waals surface area contributed by atoms with Crippen molar-refractivity contribution in [2.24, 2.45) is 5.92 Å². The fourth-order valence-electron chi connectivity index (χ4n) is 0.836. The Balaban J connectivity index is 3.23. The first-order chi connectivity index (χ1) is 5.42. The van der Waals surface area contributed by atoms with Crippen LogP contribution in [0.25, 0.3) is 0 Å². The van der Waals surface area contributed by atoms with Crippen molar-refractivity contribution in [1.82, 2.24) is 5.32 Å². The van der Waals surface area contributed by atoms with Gasteiger partial charge in [-0.05, 0) is 25.3 Å². The lowest BCUT2D eigenvalue weighted by Crippen LogP contribution is -2.23. The van der Waals surface area contributed by atoms with Crippen molar-refractivity contribution < 1.29 is 13.0 Å². The first-order valence-electron chi connectivity index (χ1n) is 4.07. The van der Waals surface area contributed by atoms with Crippen molar-refractivity contribution in [3.63, 3.8) is 0 Å². The van der Waals surface area contributed by atoms with Gasteiger partial charge >= 0.3 is 0 Å². The van der Waals surface area contributed by atoms with E-state index in [0.29, 0.717) is 12.5 Å². The van der Waals surface area contributed by atoms with Crippen LogP contribution in [0.4, 0.5) is 0 Å². The average molecular weight is 195 g/mol. The molecule has 0 bridgehead atoms. The molecule has 0 rings (SSSR count). The topological polar surface area (TPSA) is 66.4 Å². The maximum Gasteiger partial charge on any atom is 0.278 e. The summed E-state index contributed by atoms with van der Waals surface area (Å²) in [5.74, 6) is 0.294. The molecule has 0 aliphatic carbocycles. The van der Waals surface area contributed by atoms with Gasteiger partial charge in [-0.3, -0.25) is 4.55 Å². The summed E-state index contributed by atoms with van der Waals surface area (Å²) < 4.78 is 28.8. The minimum absolute atomic E-state index is 0.342. The molecule has 0 heterocycles. The highest BCUT2D eigenvalue weighted by atomic mass is 32.2. The standard InChI is InChI=1S/C7H17NO3S/c1-7(2)4-3-5-8-6-12(9,10)11/h7-8H,3-6H2,1-2H3,(H,9,10,11). The molecular formula is C7H17NO3S. The summed E-state index contributed by atoms with van der Waals surface area (Å²) in [5, 5.41) is 2.64. The first-order valence-corrected chi connectivity index (χ1v) is 5.68. The number of nitrogens with one attached hydrogen (secondary N) is 1. The minimum atomic E-state index is -3.84. The largest absolute Gasteiger partial charge is 0.302 e. The zero-order chi connectivity index (χ0) is 9.61. The number of hydrogen-bond acceptors (Lipinski definition) is 3. The van der Waals surface area contributed by atoms with Crippen molar-refractivity contribution in [2.75, 3.05) is 12.4 Å². The lowest BCUT2D eigenvalue weighted by molar-refractivity contribution is 0.472. The minimum Gasteiger partial charge on any atom is -0.302 e. The molecule has 0 aliphatic heterocycles. The molecule has 0 aliphatic rings. The summed E-state index contributed by atoms with van der Waals surface area (Å²) in [6.45, 7) is 4.86. The van der Waals surface area contributed by atoms with Gasteiger partial charge in [-0.15, -0.1) is 0 Å². The molecule has 0 radical (unpaired) electrons. The zero-order valence-corrected chi connectivity index (χ0v) is 8.39. The Hall–Kier alpha value is -0.130. The summed E-state index contributed by atoms with van der Waals surface area (Å²) in [7, 11) is -3.84. The molecule has 0 spiro atoms. The highest BCUT2D eigenvalue weighted by Gasteiger charge is 2.01. The molecule has 5 heteroatoms. The van der Waals surface area contributed by atoms with Gasteiger partial charge in [0, 0.05) is 0 Å². The third-order valence-corrected chi connectivity index (χ3v) is 1.99. The van der Waals surface area contributed by atoms with Crippen LogP contribution in [0.1, 0.15) is 26.7 Å². The molecule has 0 saturated heterocycles. The van der Waals surface area contributed by atoms with Crippen LogP contribution in [-0.4, -0.2) is 25.4 Å². The second-order valence-corrected chi connectivity index (χ2v) is 4.71. The lowest BCUT2D eigenvalue weighted by Gasteiger charge is -2.04. The summed E-state index contributed by atoms with van der Waals surface area (Å²) in [6, 6.07) is 0. The SMILES string of the molecule is CC(C)CCCNCS(=O)(=O)O. The van der Waals surface area contributed by atoms with Gasteiger partial charge in [-0.25, -0.2) is 0 Å². The van der Waals surface area contributed by atoms with E-state index in [0.717, 1.165) is 12.8 Å². The Morgan fingerprint density at radius 1 is 1.42 bits per heavy atom. The van der Waals surface area contributed by atoms with E-state index in [4.69, 9.17) is 4.55 Å². The molecule has 0 fully saturated rings. The van der Waals surface area contributed by atoms with Crippen molar-refractivity contribution in [2.45, 2.75) is 26.7 Å². The predicted octanol–water partition coefficient (Wildman–Crippen LogP) is 0.858. The predicted molar refractivity (Wildman–Crippen MR) is 48.5 cm³/mol. The highest BCUT2D eigenvalue weighted by molar-refractivity contribution is 7.85. The summed E-state index contributed by atoms with van der Waals surface area (Å²) in [5.41, 5.74) is 0. The Kier molecular flexibility index (Phi) is 5.44. The smallest absolute Gasteiger partial charge is 0.278 e. The highest BCUT2D eigenvalue weighted by Crippen LogP contribution is 2.01. The fourth-order valence-corrected chi connectivity index (χ4v) is 1.24. The van der Waals surface area contributed by atoms with Gasteiger partial charge in [0.1, 0.15) is 5.88 Å². The Bertz CT molecular complexity index is 199. The van der Waals surface area contributed by atoms with Crippen LogP contribution >= 0.6 is 0 Å². The Labute approximate surface area is 74.1 Å². The molecule has 0 atom stereocenters. The fraction of sp³-hybridized carbons (Fsp3) is 1.00. The second kappa shape index (κ2) is 5.50. The van der Waals surface area contributed by atoms with Gasteiger partial charge in [-0.2, -0.15) is 8.42 Å². The third kappa shape index (κ3) is 9.87. The second-order valence-electron chi connectivity index (χ2n) is 3.26. The van der Waals surface area contributed by atoms with Crippen molar-refractivity contribution in [3.05, 3.63) is 0 Å². The molecule has 74 valence electrons. The van der Waals surface area contributed by atoms with E-state index < -0.39 is 10.1 Å². The Morgan fingerprint density at radius 3 is 2.42 bits per heavy atom. The molecule has 12 heavy (non-hydrogen) atoms. The summed E-state index contributed by atoms with van der Waals surface area (Å²) >= 11 is 0. The van der Waals surface area contributed by atoms with E-state index in [1.165, 1.54) is 0 Å². The maximum absolute atomic E-state index is 10.2. The molecular weight excluding hydrogens is 178 g/mol. The first kappa shape index (κ1) is 11.9. The van der Waals surface area contributed by atoms with E-state index in [-0.39, 0.29) is 5.88 Å². The molecule has 0 unspecified atom stereocenters. The van der Waals surface area contributed by atoms with E-state index >= 15 is 0 Å². The van der Waals surface area contributed by atoms with Crippen LogP contribution < -0.4 is 5.32 Å². The molecule has 0 aromatic carbocycles. The maximum atomic E-state index is 10.2. The number of rotatable bonds is 6. The molecule has 0 aromatic rings. The van der Waals surface area contributed by atoms with Crippen LogP contribution in [0.15, 0.2) is 0 Å². The van der Waals surface area contributed by atoms with E-state index in [2.05, 4.69) is 19.2 Å². The summed E-state index contributed by atoms with van der Waals surface area (Å²) in [4.78, 5) is 0. The Morgan fingerprint density at radius 2 is 2.00 bits per heavy atom. The van der Waals surface area contributed by atoms with E-state index in [1.54, 1.807) is 0 Å². The molecule has 0 saturated carbocycles. The molecule has 0 aromatic heterocycles. The van der Waals surface area contributed by atoms with Crippen LogP contribution in [0.5, 0.6) is 0 Å².